The van der Waals surface area contributed by atoms with E-state index in [1.54, 1.807) is 11.3 Å². The third-order valence-corrected chi connectivity index (χ3v) is 4.72. The molecule has 0 spiro atoms. The molecule has 3 rings (SSSR count). The van der Waals surface area contributed by atoms with Gasteiger partial charge in [-0.25, -0.2) is 0 Å². The van der Waals surface area contributed by atoms with Crippen molar-refractivity contribution in [3.63, 3.8) is 0 Å². The molecule has 18 heavy (non-hydrogen) atoms. The Balaban J connectivity index is 1.92. The average molecular weight is 263 g/mol. The fraction of sp³-hybridized carbons (Fsp3) is 0.538. The fourth-order valence-electron chi connectivity index (χ4n) is 2.57. The Kier molecular flexibility index (Phi) is 3.18. The van der Waals surface area contributed by atoms with Gasteiger partial charge < -0.3 is 9.84 Å². The Hall–Kier alpha value is -1.20. The molecule has 5 heteroatoms. The van der Waals surface area contributed by atoms with Crippen LogP contribution in [0.25, 0.3) is 10.7 Å². The number of nitrogens with zero attached hydrogens (tertiary/aromatic N) is 2. The third-order valence-electron chi connectivity index (χ3n) is 3.86. The Morgan fingerprint density at radius 2 is 2.28 bits per heavy atom. The minimum absolute atomic E-state index is 0.0771. The molecule has 0 unspecified atom stereocenters. The van der Waals surface area contributed by atoms with Gasteiger partial charge in [-0.15, -0.1) is 11.3 Å². The van der Waals surface area contributed by atoms with Crippen molar-refractivity contribution >= 4 is 11.3 Å². The van der Waals surface area contributed by atoms with Gasteiger partial charge in [0.1, 0.15) is 0 Å². The molecule has 0 saturated carbocycles. The van der Waals surface area contributed by atoms with Gasteiger partial charge in [-0.1, -0.05) is 18.1 Å². The smallest absolute Gasteiger partial charge is 0.233 e. The quantitative estimate of drug-likeness (QED) is 0.925. The highest BCUT2D eigenvalue weighted by atomic mass is 32.1. The first kappa shape index (κ1) is 11.9. The lowest BCUT2D eigenvalue weighted by Gasteiger charge is -2.33. The fourth-order valence-corrected chi connectivity index (χ4v) is 3.22. The number of aromatic nitrogens is 2. The monoisotopic (exact) mass is 263 g/mol. The molecular formula is C13H17N3OS. The molecule has 2 aromatic heterocycles. The van der Waals surface area contributed by atoms with E-state index >= 15 is 0 Å². The standard InChI is InChI=1S/C13H17N3OS/c1-2-13(5-7-14-8-6-13)12-15-11(16-17-12)10-4-3-9-18-10/h3-4,9,14H,2,5-8H2,1H3. The van der Waals surface area contributed by atoms with Gasteiger partial charge in [0.05, 0.1) is 10.3 Å². The molecule has 3 heterocycles. The highest BCUT2D eigenvalue weighted by Gasteiger charge is 2.37. The average Bonchev–Trinajstić information content (AvgIpc) is 3.10. The Labute approximate surface area is 110 Å². The van der Waals surface area contributed by atoms with Crippen LogP contribution < -0.4 is 5.32 Å². The van der Waals surface area contributed by atoms with Crippen molar-refractivity contribution in [1.29, 1.82) is 0 Å². The van der Waals surface area contributed by atoms with Crippen molar-refractivity contribution in [2.24, 2.45) is 0 Å². The lowest BCUT2D eigenvalue weighted by molar-refractivity contribution is 0.216. The number of thiophene rings is 1. The Morgan fingerprint density at radius 1 is 1.44 bits per heavy atom. The highest BCUT2D eigenvalue weighted by molar-refractivity contribution is 7.13. The normalized spacial score (nSPS) is 18.9. The van der Waals surface area contributed by atoms with Crippen LogP contribution >= 0.6 is 11.3 Å². The summed E-state index contributed by atoms with van der Waals surface area (Å²) in [5, 5.41) is 9.55. The number of hydrogen-bond donors (Lipinski definition) is 1. The summed E-state index contributed by atoms with van der Waals surface area (Å²) in [6.07, 6.45) is 3.21. The van der Waals surface area contributed by atoms with Crippen molar-refractivity contribution in [2.45, 2.75) is 31.6 Å². The minimum Gasteiger partial charge on any atom is -0.338 e. The Bertz CT molecular complexity index is 500. The molecule has 0 amide bonds. The molecule has 0 aliphatic carbocycles. The molecule has 0 radical (unpaired) electrons. The van der Waals surface area contributed by atoms with Gasteiger partial charge in [0.25, 0.3) is 0 Å². The van der Waals surface area contributed by atoms with Gasteiger partial charge in [0.15, 0.2) is 0 Å². The molecule has 1 fully saturated rings. The number of nitrogens with one attached hydrogen (secondary N) is 1. The molecule has 1 saturated heterocycles. The second kappa shape index (κ2) is 4.82. The first-order valence-electron chi connectivity index (χ1n) is 6.43. The SMILES string of the molecule is CCC1(c2nc(-c3cccs3)no2)CCNCC1. The molecule has 0 atom stereocenters. The molecule has 0 aromatic carbocycles. The zero-order valence-corrected chi connectivity index (χ0v) is 11.3. The van der Waals surface area contributed by atoms with Gasteiger partial charge in [-0.3, -0.25) is 0 Å². The summed E-state index contributed by atoms with van der Waals surface area (Å²) < 4.78 is 5.54. The summed E-state index contributed by atoms with van der Waals surface area (Å²) in [5.74, 6) is 1.54. The predicted molar refractivity (Wildman–Crippen MR) is 71.7 cm³/mol. The van der Waals surface area contributed by atoms with E-state index < -0.39 is 0 Å². The molecule has 0 bridgehead atoms. The van der Waals surface area contributed by atoms with E-state index in [0.29, 0.717) is 0 Å². The van der Waals surface area contributed by atoms with Crippen LogP contribution in [0.3, 0.4) is 0 Å². The van der Waals surface area contributed by atoms with Crippen LogP contribution in [0.15, 0.2) is 22.0 Å². The van der Waals surface area contributed by atoms with Crippen LogP contribution in [0.1, 0.15) is 32.1 Å². The summed E-state index contributed by atoms with van der Waals surface area (Å²) >= 11 is 1.65. The maximum atomic E-state index is 5.54. The van der Waals surface area contributed by atoms with Crippen LogP contribution in [0, 0.1) is 0 Å². The van der Waals surface area contributed by atoms with Crippen molar-refractivity contribution < 1.29 is 4.52 Å². The van der Waals surface area contributed by atoms with Crippen LogP contribution in [0.4, 0.5) is 0 Å². The molecular weight excluding hydrogens is 246 g/mol. The predicted octanol–water partition coefficient (Wildman–Crippen LogP) is 2.83. The van der Waals surface area contributed by atoms with E-state index in [0.717, 1.165) is 48.9 Å². The molecule has 1 N–H and O–H groups in total. The van der Waals surface area contributed by atoms with Gasteiger partial charge in [-0.05, 0) is 43.8 Å². The van der Waals surface area contributed by atoms with Crippen LogP contribution in [0.2, 0.25) is 0 Å². The lowest BCUT2D eigenvalue weighted by Crippen LogP contribution is -2.39. The summed E-state index contributed by atoms with van der Waals surface area (Å²) in [7, 11) is 0. The summed E-state index contributed by atoms with van der Waals surface area (Å²) in [6, 6.07) is 4.04. The largest absolute Gasteiger partial charge is 0.338 e. The second-order valence-corrected chi connectivity index (χ2v) is 5.73. The number of piperidine rings is 1. The number of rotatable bonds is 3. The van der Waals surface area contributed by atoms with Gasteiger partial charge >= 0.3 is 0 Å². The summed E-state index contributed by atoms with van der Waals surface area (Å²) in [6.45, 7) is 4.27. The zero-order valence-electron chi connectivity index (χ0n) is 10.5. The Morgan fingerprint density at radius 3 is 2.94 bits per heavy atom. The van der Waals surface area contributed by atoms with Gasteiger partial charge in [0, 0.05) is 0 Å². The first-order valence-corrected chi connectivity index (χ1v) is 7.31. The van der Waals surface area contributed by atoms with E-state index in [9.17, 15) is 0 Å². The molecule has 96 valence electrons. The number of hydrogen-bond acceptors (Lipinski definition) is 5. The van der Waals surface area contributed by atoms with Gasteiger partial charge in [-0.2, -0.15) is 4.98 Å². The van der Waals surface area contributed by atoms with Crippen molar-refractivity contribution in [3.05, 3.63) is 23.4 Å². The molecule has 1 aliphatic rings. The van der Waals surface area contributed by atoms with E-state index in [1.807, 2.05) is 17.5 Å². The molecule has 4 nitrogen and oxygen atoms in total. The molecule has 1 aliphatic heterocycles. The van der Waals surface area contributed by atoms with E-state index in [-0.39, 0.29) is 5.41 Å². The maximum Gasteiger partial charge on any atom is 0.233 e. The minimum atomic E-state index is 0.0771. The third kappa shape index (κ3) is 1.97. The molecule has 2 aromatic rings. The first-order chi connectivity index (χ1) is 8.84. The van der Waals surface area contributed by atoms with Crippen molar-refractivity contribution in [3.8, 4) is 10.7 Å². The van der Waals surface area contributed by atoms with Crippen LogP contribution in [0.5, 0.6) is 0 Å². The van der Waals surface area contributed by atoms with Gasteiger partial charge in [0.2, 0.25) is 11.7 Å². The highest BCUT2D eigenvalue weighted by Crippen LogP contribution is 2.36. The maximum absolute atomic E-state index is 5.54. The van der Waals surface area contributed by atoms with Crippen molar-refractivity contribution in [2.75, 3.05) is 13.1 Å². The van der Waals surface area contributed by atoms with Crippen LogP contribution in [-0.4, -0.2) is 23.2 Å². The van der Waals surface area contributed by atoms with E-state index in [1.165, 1.54) is 0 Å². The lowest BCUT2D eigenvalue weighted by atomic mass is 9.76. The second-order valence-electron chi connectivity index (χ2n) is 4.78. The van der Waals surface area contributed by atoms with Crippen LogP contribution in [-0.2, 0) is 5.41 Å². The summed E-state index contributed by atoms with van der Waals surface area (Å²) in [5.41, 5.74) is 0.0771. The summed E-state index contributed by atoms with van der Waals surface area (Å²) in [4.78, 5) is 5.70. The topological polar surface area (TPSA) is 51.0 Å². The van der Waals surface area contributed by atoms with Crippen molar-refractivity contribution in [1.82, 2.24) is 15.5 Å². The van der Waals surface area contributed by atoms with E-state index in [2.05, 4.69) is 22.4 Å². The zero-order chi connectivity index (χ0) is 12.4. The van der Waals surface area contributed by atoms with E-state index in [4.69, 9.17) is 4.52 Å².